The van der Waals surface area contributed by atoms with Gasteiger partial charge in [0.05, 0.1) is 13.5 Å². The van der Waals surface area contributed by atoms with Gasteiger partial charge in [-0.15, -0.1) is 0 Å². The molecule has 0 aliphatic heterocycles. The molecule has 0 atom stereocenters. The Morgan fingerprint density at radius 2 is 2.12 bits per heavy atom. The predicted molar refractivity (Wildman–Crippen MR) is 57.0 cm³/mol. The standard InChI is InChI=1S/C11H12O6/c1-6(12)10-8(13)5-7(17-11(10)15)3-4-9(14)16-2/h5,13H,3-4H2,1-2H3. The number of aryl methyl sites for hydroxylation is 1. The average molecular weight is 240 g/mol. The number of hydrogen-bond acceptors (Lipinski definition) is 6. The largest absolute Gasteiger partial charge is 0.507 e. The molecular formula is C11H12O6. The molecule has 0 saturated carbocycles. The second-order valence-electron chi connectivity index (χ2n) is 3.39. The van der Waals surface area contributed by atoms with Gasteiger partial charge in [-0.1, -0.05) is 0 Å². The van der Waals surface area contributed by atoms with Crippen LogP contribution in [0.25, 0.3) is 0 Å². The number of carbonyl (C=O) groups excluding carboxylic acids is 2. The Bertz CT molecular complexity index is 499. The Balaban J connectivity index is 2.95. The molecule has 17 heavy (non-hydrogen) atoms. The van der Waals surface area contributed by atoms with Gasteiger partial charge in [0, 0.05) is 12.5 Å². The molecule has 0 bridgehead atoms. The van der Waals surface area contributed by atoms with Crippen molar-refractivity contribution in [3.8, 4) is 5.75 Å². The zero-order valence-electron chi connectivity index (χ0n) is 9.48. The minimum atomic E-state index is -0.905. The van der Waals surface area contributed by atoms with Gasteiger partial charge >= 0.3 is 11.6 Å². The van der Waals surface area contributed by atoms with Gasteiger partial charge in [0.25, 0.3) is 0 Å². The van der Waals surface area contributed by atoms with Crippen LogP contribution in [-0.2, 0) is 16.0 Å². The first-order chi connectivity index (χ1) is 7.95. The zero-order valence-corrected chi connectivity index (χ0v) is 9.48. The van der Waals surface area contributed by atoms with Crippen LogP contribution in [0, 0.1) is 0 Å². The second kappa shape index (κ2) is 5.29. The third kappa shape index (κ3) is 3.17. The summed E-state index contributed by atoms with van der Waals surface area (Å²) in [6, 6.07) is 1.15. The zero-order chi connectivity index (χ0) is 13.0. The van der Waals surface area contributed by atoms with Gasteiger partial charge < -0.3 is 14.3 Å². The van der Waals surface area contributed by atoms with Crippen LogP contribution >= 0.6 is 0 Å². The maximum Gasteiger partial charge on any atom is 0.350 e. The SMILES string of the molecule is COC(=O)CCc1cc(O)c(C(C)=O)c(=O)o1. The summed E-state index contributed by atoms with van der Waals surface area (Å²) in [5, 5.41) is 9.47. The lowest BCUT2D eigenvalue weighted by Crippen LogP contribution is -2.13. The highest BCUT2D eigenvalue weighted by Crippen LogP contribution is 2.16. The van der Waals surface area contributed by atoms with E-state index in [0.717, 1.165) is 13.0 Å². The Morgan fingerprint density at radius 1 is 1.47 bits per heavy atom. The number of aromatic hydroxyl groups is 1. The predicted octanol–water partition coefficient (Wildman–Crippen LogP) is 0.654. The first kappa shape index (κ1) is 13.0. The Morgan fingerprint density at radius 3 is 2.59 bits per heavy atom. The van der Waals surface area contributed by atoms with Crippen molar-refractivity contribution in [3.05, 3.63) is 27.8 Å². The van der Waals surface area contributed by atoms with E-state index in [1.165, 1.54) is 7.11 Å². The maximum atomic E-state index is 11.4. The highest BCUT2D eigenvalue weighted by atomic mass is 16.5. The first-order valence-electron chi connectivity index (χ1n) is 4.89. The van der Waals surface area contributed by atoms with Gasteiger partial charge in [0.2, 0.25) is 0 Å². The van der Waals surface area contributed by atoms with Crippen LogP contribution < -0.4 is 5.63 Å². The number of methoxy groups -OCH3 is 1. The molecule has 0 radical (unpaired) electrons. The van der Waals surface area contributed by atoms with Crippen LogP contribution in [0.5, 0.6) is 5.75 Å². The molecule has 0 spiro atoms. The first-order valence-corrected chi connectivity index (χ1v) is 4.89. The summed E-state index contributed by atoms with van der Waals surface area (Å²) in [6.07, 6.45) is 0.145. The van der Waals surface area contributed by atoms with Gasteiger partial charge in [-0.05, 0) is 6.92 Å². The third-order valence-electron chi connectivity index (χ3n) is 2.14. The molecule has 0 saturated heterocycles. The fourth-order valence-electron chi connectivity index (χ4n) is 1.30. The molecule has 0 aromatic carbocycles. The quantitative estimate of drug-likeness (QED) is 0.613. The molecular weight excluding hydrogens is 228 g/mol. The summed E-state index contributed by atoms with van der Waals surface area (Å²) in [6.45, 7) is 1.15. The molecule has 1 aromatic heterocycles. The number of carbonyl (C=O) groups is 2. The van der Waals surface area contributed by atoms with Crippen molar-refractivity contribution in [2.45, 2.75) is 19.8 Å². The molecule has 92 valence electrons. The van der Waals surface area contributed by atoms with E-state index in [0.29, 0.717) is 0 Å². The summed E-state index contributed by atoms with van der Waals surface area (Å²) >= 11 is 0. The molecule has 0 aliphatic carbocycles. The van der Waals surface area contributed by atoms with Crippen LogP contribution in [0.4, 0.5) is 0 Å². The summed E-state index contributed by atoms with van der Waals surface area (Å²) in [7, 11) is 1.24. The Kier molecular flexibility index (Phi) is 4.03. The molecule has 0 aliphatic rings. The van der Waals surface area contributed by atoms with Crippen LogP contribution in [-0.4, -0.2) is 24.0 Å². The van der Waals surface area contributed by atoms with E-state index in [4.69, 9.17) is 4.42 Å². The van der Waals surface area contributed by atoms with Gasteiger partial charge in [0.1, 0.15) is 17.1 Å². The summed E-state index contributed by atoms with van der Waals surface area (Å²) in [5.41, 5.74) is -1.29. The summed E-state index contributed by atoms with van der Waals surface area (Å²) < 4.78 is 9.22. The van der Waals surface area contributed by atoms with E-state index in [-0.39, 0.29) is 24.2 Å². The monoisotopic (exact) mass is 240 g/mol. The molecule has 6 nitrogen and oxygen atoms in total. The smallest absolute Gasteiger partial charge is 0.350 e. The number of rotatable bonds is 4. The molecule has 6 heteroatoms. The maximum absolute atomic E-state index is 11.4. The molecule has 1 rings (SSSR count). The lowest BCUT2D eigenvalue weighted by Gasteiger charge is -2.02. The number of esters is 1. The van der Waals surface area contributed by atoms with Crippen molar-refractivity contribution in [1.82, 2.24) is 0 Å². The summed E-state index contributed by atoms with van der Waals surface area (Å²) in [5.74, 6) is -1.34. The van der Waals surface area contributed by atoms with Crippen LogP contribution in [0.3, 0.4) is 0 Å². The van der Waals surface area contributed by atoms with Crippen molar-refractivity contribution >= 4 is 11.8 Å². The Hall–Kier alpha value is -2.11. The van der Waals surface area contributed by atoms with Gasteiger partial charge in [-0.3, -0.25) is 9.59 Å². The highest BCUT2D eigenvalue weighted by Gasteiger charge is 2.15. The van der Waals surface area contributed by atoms with Crippen LogP contribution in [0.2, 0.25) is 0 Å². The van der Waals surface area contributed by atoms with E-state index in [1.54, 1.807) is 0 Å². The normalized spacial score (nSPS) is 10.0. The van der Waals surface area contributed by atoms with Crippen molar-refractivity contribution in [2.75, 3.05) is 7.11 Å². The molecule has 0 fully saturated rings. The van der Waals surface area contributed by atoms with Crippen molar-refractivity contribution in [2.24, 2.45) is 0 Å². The van der Waals surface area contributed by atoms with Crippen molar-refractivity contribution in [3.63, 3.8) is 0 Å². The van der Waals surface area contributed by atoms with E-state index in [2.05, 4.69) is 4.74 Å². The Labute approximate surface area is 96.8 Å². The van der Waals surface area contributed by atoms with E-state index in [1.807, 2.05) is 0 Å². The molecule has 0 unspecified atom stereocenters. The van der Waals surface area contributed by atoms with E-state index in [9.17, 15) is 19.5 Å². The number of hydrogen-bond donors (Lipinski definition) is 1. The lowest BCUT2D eigenvalue weighted by molar-refractivity contribution is -0.140. The van der Waals surface area contributed by atoms with Crippen molar-refractivity contribution in [1.29, 1.82) is 0 Å². The topological polar surface area (TPSA) is 93.8 Å². The van der Waals surface area contributed by atoms with Crippen LogP contribution in [0.1, 0.15) is 29.5 Å². The fraction of sp³-hybridized carbons (Fsp3) is 0.364. The van der Waals surface area contributed by atoms with E-state index < -0.39 is 23.1 Å². The molecule has 1 N–H and O–H groups in total. The third-order valence-corrected chi connectivity index (χ3v) is 2.14. The van der Waals surface area contributed by atoms with Gasteiger partial charge in [0.15, 0.2) is 5.78 Å². The van der Waals surface area contributed by atoms with E-state index >= 15 is 0 Å². The number of ether oxygens (including phenoxy) is 1. The second-order valence-corrected chi connectivity index (χ2v) is 3.39. The molecule has 1 heterocycles. The number of ketones is 1. The molecule has 0 amide bonds. The molecule has 1 aromatic rings. The average Bonchev–Trinajstić information content (AvgIpc) is 2.24. The minimum Gasteiger partial charge on any atom is -0.507 e. The minimum absolute atomic E-state index is 0.0261. The lowest BCUT2D eigenvalue weighted by atomic mass is 10.1. The van der Waals surface area contributed by atoms with Gasteiger partial charge in [-0.25, -0.2) is 4.79 Å². The van der Waals surface area contributed by atoms with Gasteiger partial charge in [-0.2, -0.15) is 0 Å². The number of Topliss-reactive ketones (excluding diaryl/α,β-unsaturated/α-hetero) is 1. The summed E-state index contributed by atoms with van der Waals surface area (Å²) in [4.78, 5) is 33.2. The fourth-order valence-corrected chi connectivity index (χ4v) is 1.30. The van der Waals surface area contributed by atoms with Crippen LogP contribution in [0.15, 0.2) is 15.3 Å². The highest BCUT2D eigenvalue weighted by molar-refractivity contribution is 5.96. The van der Waals surface area contributed by atoms with Crippen molar-refractivity contribution < 1.29 is 23.8 Å².